The van der Waals surface area contributed by atoms with E-state index in [-0.39, 0.29) is 10.8 Å². The molecule has 2 N–H and O–H groups in total. The molecule has 118 valence electrons. The minimum Gasteiger partial charge on any atom is -0.450 e. The molecule has 1 fully saturated rings. The van der Waals surface area contributed by atoms with E-state index in [1.165, 1.54) is 0 Å². The van der Waals surface area contributed by atoms with Crippen LogP contribution in [0.25, 0.3) is 0 Å². The zero-order valence-corrected chi connectivity index (χ0v) is 14.5. The van der Waals surface area contributed by atoms with Gasteiger partial charge in [-0.2, -0.15) is 0 Å². The van der Waals surface area contributed by atoms with Crippen LogP contribution in [-0.4, -0.2) is 21.7 Å². The fraction of sp³-hybridized carbons (Fsp3) is 0.500. The lowest BCUT2D eigenvalue weighted by Crippen LogP contribution is -2.27. The van der Waals surface area contributed by atoms with E-state index in [4.69, 9.17) is 61.4 Å². The molecule has 0 radical (unpaired) electrons. The second-order valence-electron chi connectivity index (χ2n) is 5.61. The molecule has 0 heterocycles. The number of carbonyl (C=O) groups is 1. The summed E-state index contributed by atoms with van der Waals surface area (Å²) in [5.74, 6) is 0.356. The maximum Gasteiger partial charge on any atom is 0.503 e. The highest BCUT2D eigenvalue weighted by molar-refractivity contribution is 6.52. The van der Waals surface area contributed by atoms with Gasteiger partial charge in [0.25, 0.3) is 0 Å². The van der Waals surface area contributed by atoms with Gasteiger partial charge in [0.05, 0.1) is 5.38 Å². The fourth-order valence-corrected chi connectivity index (χ4v) is 3.33. The van der Waals surface area contributed by atoms with Crippen LogP contribution < -0.4 is 0 Å². The smallest absolute Gasteiger partial charge is 0.450 e. The lowest BCUT2D eigenvalue weighted by Gasteiger charge is -2.27. The molecule has 2 atom stereocenters. The van der Waals surface area contributed by atoms with Crippen molar-refractivity contribution < 1.29 is 15.0 Å². The quantitative estimate of drug-likeness (QED) is 0.653. The molecule has 1 aromatic carbocycles. The minimum absolute atomic E-state index is 0.244. The normalized spacial score (nSPS) is 21.0. The number of benzene rings is 1. The van der Waals surface area contributed by atoms with Crippen LogP contribution in [0, 0.1) is 11.3 Å². The predicted molar refractivity (Wildman–Crippen MR) is 87.0 cm³/mol. The highest BCUT2D eigenvalue weighted by Gasteiger charge is 2.55. The van der Waals surface area contributed by atoms with Crippen LogP contribution in [0.4, 0.5) is 4.79 Å². The summed E-state index contributed by atoms with van der Waals surface area (Å²) in [5.41, 5.74) is 1.04. The number of halogens is 4. The van der Waals surface area contributed by atoms with Crippen LogP contribution in [0.2, 0.25) is 5.02 Å². The van der Waals surface area contributed by atoms with Gasteiger partial charge in [-0.1, -0.05) is 60.8 Å². The summed E-state index contributed by atoms with van der Waals surface area (Å²) in [6, 6.07) is 7.20. The van der Waals surface area contributed by atoms with Crippen molar-refractivity contribution in [2.45, 2.75) is 30.0 Å². The Labute approximate surface area is 143 Å². The van der Waals surface area contributed by atoms with Crippen molar-refractivity contribution in [3.63, 3.8) is 0 Å². The van der Waals surface area contributed by atoms with Gasteiger partial charge < -0.3 is 10.2 Å². The number of rotatable bonds is 3. The maximum atomic E-state index is 8.56. The average Bonchev–Trinajstić information content (AvgIpc) is 2.97. The van der Waals surface area contributed by atoms with Crippen molar-refractivity contribution in [2.24, 2.45) is 11.3 Å². The lowest BCUT2D eigenvalue weighted by molar-refractivity contribution is 0.137. The zero-order valence-electron chi connectivity index (χ0n) is 11.5. The number of hydrogen-bond donors (Lipinski definition) is 2. The van der Waals surface area contributed by atoms with E-state index in [1.807, 2.05) is 12.1 Å². The third-order valence-electron chi connectivity index (χ3n) is 3.52. The molecule has 1 aromatic rings. The first-order valence-electron chi connectivity index (χ1n) is 6.18. The summed E-state index contributed by atoms with van der Waals surface area (Å²) in [6.07, 6.45) is -0.768. The zero-order chi connectivity index (χ0) is 16.4. The largest absolute Gasteiger partial charge is 0.503 e. The molecule has 1 saturated carbocycles. The molecule has 3 nitrogen and oxygen atoms in total. The van der Waals surface area contributed by atoms with Crippen molar-refractivity contribution in [2.75, 3.05) is 0 Å². The van der Waals surface area contributed by atoms with Crippen LogP contribution in [0.1, 0.15) is 25.8 Å². The van der Waals surface area contributed by atoms with Gasteiger partial charge in [0.15, 0.2) is 4.33 Å². The molecule has 2 rings (SSSR count). The number of alkyl halides is 3. The van der Waals surface area contributed by atoms with Gasteiger partial charge >= 0.3 is 6.16 Å². The fourth-order valence-electron chi connectivity index (χ4n) is 2.09. The predicted octanol–water partition coefficient (Wildman–Crippen LogP) is 5.85. The Bertz CT molecular complexity index is 495. The Morgan fingerprint density at radius 2 is 1.67 bits per heavy atom. The number of carboxylic acid groups (broad SMARTS) is 2. The van der Waals surface area contributed by atoms with Gasteiger partial charge in [0.2, 0.25) is 0 Å². The Hall–Kier alpha value is -0.350. The van der Waals surface area contributed by atoms with Crippen molar-refractivity contribution in [3.8, 4) is 0 Å². The molecule has 2 unspecified atom stereocenters. The van der Waals surface area contributed by atoms with Gasteiger partial charge in [-0.05, 0) is 35.4 Å². The molecule has 0 spiro atoms. The van der Waals surface area contributed by atoms with Gasteiger partial charge in [0.1, 0.15) is 0 Å². The molecule has 0 saturated heterocycles. The lowest BCUT2D eigenvalue weighted by atomic mass is 10.0. The molecule has 1 aliphatic carbocycles. The second-order valence-corrected chi connectivity index (χ2v) is 7.91. The molecule has 0 bridgehead atoms. The molecule has 0 aromatic heterocycles. The summed E-state index contributed by atoms with van der Waals surface area (Å²) in [5, 5.41) is 14.3. The molecule has 0 amide bonds. The van der Waals surface area contributed by atoms with E-state index in [1.54, 1.807) is 12.1 Å². The Morgan fingerprint density at radius 1 is 1.29 bits per heavy atom. The summed E-state index contributed by atoms with van der Waals surface area (Å²) >= 11 is 25.1. The second kappa shape index (κ2) is 6.82. The van der Waals surface area contributed by atoms with Crippen LogP contribution in [-0.2, 0) is 4.33 Å². The molecule has 21 heavy (non-hydrogen) atoms. The van der Waals surface area contributed by atoms with Gasteiger partial charge in [-0.15, -0.1) is 11.6 Å². The molecule has 0 aliphatic heterocycles. The van der Waals surface area contributed by atoms with Gasteiger partial charge in [0, 0.05) is 5.02 Å². The molecular formula is C14H16Cl4O3. The van der Waals surface area contributed by atoms with E-state index < -0.39 is 10.5 Å². The van der Waals surface area contributed by atoms with E-state index in [0.717, 1.165) is 12.0 Å². The first-order valence-corrected chi connectivity index (χ1v) is 7.75. The first kappa shape index (κ1) is 18.7. The van der Waals surface area contributed by atoms with Gasteiger partial charge in [-0.3, -0.25) is 0 Å². The van der Waals surface area contributed by atoms with Crippen molar-refractivity contribution in [3.05, 3.63) is 34.9 Å². The number of hydrogen-bond acceptors (Lipinski definition) is 1. The van der Waals surface area contributed by atoms with Gasteiger partial charge in [-0.25, -0.2) is 4.79 Å². The van der Waals surface area contributed by atoms with E-state index in [2.05, 4.69) is 13.8 Å². The highest BCUT2D eigenvalue weighted by Crippen LogP contribution is 2.60. The Kier molecular flexibility index (Phi) is 6.08. The SMILES string of the molecule is CC1(C)CC1C(Cl)C(Cl)(Cl)c1ccc(Cl)cc1.O=C(O)O. The summed E-state index contributed by atoms with van der Waals surface area (Å²) in [7, 11) is 0. The van der Waals surface area contributed by atoms with Crippen LogP contribution in [0.3, 0.4) is 0 Å². The Morgan fingerprint density at radius 3 is 2.00 bits per heavy atom. The monoisotopic (exact) mass is 372 g/mol. The standard InChI is InChI=1S/C13H14Cl4.CH2O3/c1-12(2)7-10(12)11(15)13(16,17)8-3-5-9(14)6-4-8;2-1(3)4/h3-6,10-11H,7H2,1-2H3;(H2,2,3,4). The molecule has 7 heteroatoms. The van der Waals surface area contributed by atoms with E-state index in [0.29, 0.717) is 10.9 Å². The highest BCUT2D eigenvalue weighted by atomic mass is 35.5. The van der Waals surface area contributed by atoms with E-state index >= 15 is 0 Å². The van der Waals surface area contributed by atoms with Crippen molar-refractivity contribution in [1.82, 2.24) is 0 Å². The Balaban J connectivity index is 0.000000491. The third-order valence-corrected chi connectivity index (χ3v) is 5.53. The van der Waals surface area contributed by atoms with Crippen molar-refractivity contribution in [1.29, 1.82) is 0 Å². The first-order chi connectivity index (χ1) is 9.48. The summed E-state index contributed by atoms with van der Waals surface area (Å²) < 4.78 is -1.06. The molecule has 1 aliphatic rings. The van der Waals surface area contributed by atoms with Crippen LogP contribution in [0.15, 0.2) is 24.3 Å². The van der Waals surface area contributed by atoms with Crippen LogP contribution in [0.5, 0.6) is 0 Å². The minimum atomic E-state index is -1.83. The summed E-state index contributed by atoms with van der Waals surface area (Å²) in [6.45, 7) is 4.36. The summed E-state index contributed by atoms with van der Waals surface area (Å²) in [4.78, 5) is 8.56. The topological polar surface area (TPSA) is 57.5 Å². The van der Waals surface area contributed by atoms with E-state index in [9.17, 15) is 0 Å². The van der Waals surface area contributed by atoms with Crippen molar-refractivity contribution >= 4 is 52.6 Å². The van der Waals surface area contributed by atoms with Crippen LogP contribution >= 0.6 is 46.4 Å². The average molecular weight is 374 g/mol. The third kappa shape index (κ3) is 5.10. The maximum absolute atomic E-state index is 8.56. The molecular weight excluding hydrogens is 358 g/mol.